The third-order valence-electron chi connectivity index (χ3n) is 12.9. The lowest BCUT2D eigenvalue weighted by molar-refractivity contribution is 1.18. The molecule has 14 rings (SSSR count). The van der Waals surface area contributed by atoms with E-state index in [2.05, 4.69) is 203 Å². The molecule has 0 unspecified atom stereocenters. The van der Waals surface area contributed by atoms with Crippen molar-refractivity contribution < 1.29 is 0 Å². The summed E-state index contributed by atoms with van der Waals surface area (Å²) in [7, 11) is 0. The summed E-state index contributed by atoms with van der Waals surface area (Å²) in [5, 5.41) is 13.6. The van der Waals surface area contributed by atoms with Crippen molar-refractivity contribution in [3.8, 4) is 34.0 Å². The molecule has 0 aliphatic heterocycles. The summed E-state index contributed by atoms with van der Waals surface area (Å²) in [5.41, 5.74) is 10.9. The highest BCUT2D eigenvalue weighted by Crippen LogP contribution is 2.47. The molecule has 61 heavy (non-hydrogen) atoms. The summed E-state index contributed by atoms with van der Waals surface area (Å²) >= 11 is 1.89. The standard InChI is InChI=1S/C56H32N4S/c1-2-14-36(15-3-1)59-44-21-9-7-18-39(44)40-27-24-35(32-48(40)59)55-42-19-6-8-20-43(42)57-56(58-55)41-28-31-45(38-17-5-4-16-37(38)41)60-46-29-25-33-12-10-22-49-51(33)53(46)54-47(60)30-26-34-13-11-23-50(61-49)52(34)54/h1-32H. The minimum absolute atomic E-state index is 0.708. The van der Waals surface area contributed by atoms with Crippen molar-refractivity contribution >= 4 is 108 Å². The fourth-order valence-corrected chi connectivity index (χ4v) is 11.5. The van der Waals surface area contributed by atoms with Gasteiger partial charge in [-0.3, -0.25) is 0 Å². The van der Waals surface area contributed by atoms with Crippen molar-refractivity contribution in [3.63, 3.8) is 0 Å². The summed E-state index contributed by atoms with van der Waals surface area (Å²) in [6, 6.07) is 70.5. The molecule has 0 spiro atoms. The van der Waals surface area contributed by atoms with Crippen LogP contribution < -0.4 is 0 Å². The van der Waals surface area contributed by atoms with Crippen molar-refractivity contribution in [1.29, 1.82) is 0 Å². The van der Waals surface area contributed by atoms with Crippen LogP contribution in [0.15, 0.2) is 194 Å². The van der Waals surface area contributed by atoms with Gasteiger partial charge in [-0.2, -0.15) is 0 Å². The van der Waals surface area contributed by atoms with E-state index in [4.69, 9.17) is 9.97 Å². The van der Waals surface area contributed by atoms with E-state index in [1.807, 2.05) is 11.3 Å². The quantitative estimate of drug-likeness (QED) is 0.178. The first-order chi connectivity index (χ1) is 30.3. The first-order valence-corrected chi connectivity index (χ1v) is 21.6. The Hall–Kier alpha value is -7.86. The zero-order valence-electron chi connectivity index (χ0n) is 32.7. The summed E-state index contributed by atoms with van der Waals surface area (Å²) in [4.78, 5) is 10.8. The Balaban J connectivity index is 1.02. The average molecular weight is 793 g/mol. The number of hydrogen-bond acceptors (Lipinski definition) is 3. The lowest BCUT2D eigenvalue weighted by Gasteiger charge is -2.16. The van der Waals surface area contributed by atoms with Crippen LogP contribution >= 0.6 is 11.3 Å². The largest absolute Gasteiger partial charge is 0.309 e. The Morgan fingerprint density at radius 3 is 1.77 bits per heavy atom. The lowest BCUT2D eigenvalue weighted by atomic mass is 10.00. The molecule has 4 heterocycles. The van der Waals surface area contributed by atoms with Crippen LogP contribution in [0.1, 0.15) is 0 Å². The van der Waals surface area contributed by atoms with Gasteiger partial charge in [0.05, 0.1) is 39.0 Å². The van der Waals surface area contributed by atoms with Crippen LogP contribution in [0.5, 0.6) is 0 Å². The minimum atomic E-state index is 0.708. The van der Waals surface area contributed by atoms with Crippen LogP contribution in [0.4, 0.5) is 0 Å². The molecule has 0 saturated heterocycles. The Morgan fingerprint density at radius 1 is 0.377 bits per heavy atom. The van der Waals surface area contributed by atoms with E-state index < -0.39 is 0 Å². The van der Waals surface area contributed by atoms with Crippen LogP contribution in [0.2, 0.25) is 0 Å². The average Bonchev–Trinajstić information content (AvgIpc) is 3.78. The Morgan fingerprint density at radius 2 is 1.02 bits per heavy atom. The Labute approximate surface area is 353 Å². The highest BCUT2D eigenvalue weighted by molar-refractivity contribution is 7.24. The van der Waals surface area contributed by atoms with Gasteiger partial charge in [-0.05, 0) is 82.9 Å². The molecule has 0 aliphatic carbocycles. The van der Waals surface area contributed by atoms with Gasteiger partial charge in [0.25, 0.3) is 0 Å². The lowest BCUT2D eigenvalue weighted by Crippen LogP contribution is -1.99. The van der Waals surface area contributed by atoms with Gasteiger partial charge in [0.15, 0.2) is 5.82 Å². The zero-order chi connectivity index (χ0) is 39.8. The van der Waals surface area contributed by atoms with Gasteiger partial charge in [-0.25, -0.2) is 9.97 Å². The van der Waals surface area contributed by atoms with Crippen molar-refractivity contribution in [1.82, 2.24) is 19.1 Å². The number of para-hydroxylation sites is 3. The number of nitrogens with zero attached hydrogens (tertiary/aromatic N) is 4. The van der Waals surface area contributed by atoms with Crippen LogP contribution in [0, 0.1) is 0 Å². The van der Waals surface area contributed by atoms with Crippen molar-refractivity contribution in [2.24, 2.45) is 0 Å². The second kappa shape index (κ2) is 12.3. The van der Waals surface area contributed by atoms with Gasteiger partial charge in [0, 0.05) is 69.3 Å². The molecule has 10 aromatic carbocycles. The third kappa shape index (κ3) is 4.58. The number of rotatable bonds is 4. The molecule has 14 aromatic rings. The first kappa shape index (κ1) is 33.0. The predicted molar refractivity (Wildman–Crippen MR) is 258 cm³/mol. The van der Waals surface area contributed by atoms with Crippen molar-refractivity contribution in [3.05, 3.63) is 194 Å². The van der Waals surface area contributed by atoms with E-state index in [9.17, 15) is 0 Å². The van der Waals surface area contributed by atoms with Crippen LogP contribution in [-0.2, 0) is 0 Å². The first-order valence-electron chi connectivity index (χ1n) is 20.7. The van der Waals surface area contributed by atoms with Crippen molar-refractivity contribution in [2.45, 2.75) is 0 Å². The maximum atomic E-state index is 5.50. The van der Waals surface area contributed by atoms with Gasteiger partial charge in [0.2, 0.25) is 0 Å². The number of benzene rings is 10. The Kier molecular flexibility index (Phi) is 6.68. The summed E-state index contributed by atoms with van der Waals surface area (Å²) < 4.78 is 7.47. The molecule has 0 saturated carbocycles. The molecular formula is C56H32N4S. The monoisotopic (exact) mass is 792 g/mol. The normalized spacial score (nSPS) is 12.3. The van der Waals surface area contributed by atoms with E-state index in [0.29, 0.717) is 5.82 Å². The van der Waals surface area contributed by atoms with Crippen LogP contribution in [0.25, 0.3) is 130 Å². The molecule has 0 aliphatic rings. The zero-order valence-corrected chi connectivity index (χ0v) is 33.5. The summed E-state index contributed by atoms with van der Waals surface area (Å²) in [5.74, 6) is 0.708. The SMILES string of the molecule is c1ccc(-n2c3ccccc3c3ccc(-c4nc(-c5ccc(-n6c7ccc8cccc9sc%10cccc%11ccc6c(c%11%10)c7c89)c6ccccc56)nc5ccccc45)cc32)cc1. The molecule has 0 radical (unpaired) electrons. The molecule has 0 bridgehead atoms. The minimum Gasteiger partial charge on any atom is -0.309 e. The molecule has 0 N–H and O–H groups in total. The van der Waals surface area contributed by atoms with E-state index in [0.717, 1.165) is 55.4 Å². The van der Waals surface area contributed by atoms with Crippen molar-refractivity contribution in [2.75, 3.05) is 0 Å². The highest BCUT2D eigenvalue weighted by atomic mass is 32.1. The molecule has 4 nitrogen and oxygen atoms in total. The van der Waals surface area contributed by atoms with Gasteiger partial charge >= 0.3 is 0 Å². The van der Waals surface area contributed by atoms with Gasteiger partial charge in [-0.15, -0.1) is 11.3 Å². The van der Waals surface area contributed by atoms with Gasteiger partial charge in [-0.1, -0.05) is 127 Å². The van der Waals surface area contributed by atoms with Gasteiger partial charge in [0.1, 0.15) is 0 Å². The Bertz CT molecular complexity index is 4010. The van der Waals surface area contributed by atoms with Crippen LogP contribution in [0.3, 0.4) is 0 Å². The molecule has 0 atom stereocenters. The molecule has 282 valence electrons. The molecule has 5 heteroatoms. The fourth-order valence-electron chi connectivity index (χ4n) is 10.3. The van der Waals surface area contributed by atoms with Gasteiger partial charge < -0.3 is 9.13 Å². The predicted octanol–water partition coefficient (Wildman–Crippen LogP) is 15.3. The second-order valence-corrected chi connectivity index (χ2v) is 17.2. The number of fused-ring (bicyclic) bond motifs is 5. The number of hydrogen-bond donors (Lipinski definition) is 0. The maximum absolute atomic E-state index is 5.50. The van der Waals surface area contributed by atoms with E-state index in [-0.39, 0.29) is 0 Å². The number of aromatic nitrogens is 4. The van der Waals surface area contributed by atoms with E-state index in [1.54, 1.807) is 0 Å². The smallest absolute Gasteiger partial charge is 0.161 e. The van der Waals surface area contributed by atoms with Crippen LogP contribution in [-0.4, -0.2) is 19.1 Å². The third-order valence-corrected chi connectivity index (χ3v) is 14.0. The summed E-state index contributed by atoms with van der Waals surface area (Å²) in [6.07, 6.45) is 0. The molecular weight excluding hydrogens is 761 g/mol. The maximum Gasteiger partial charge on any atom is 0.161 e. The molecule has 4 aromatic heterocycles. The fraction of sp³-hybridized carbons (Fsp3) is 0. The molecule has 0 fully saturated rings. The second-order valence-electron chi connectivity index (χ2n) is 16.1. The highest BCUT2D eigenvalue weighted by Gasteiger charge is 2.23. The summed E-state index contributed by atoms with van der Waals surface area (Å²) in [6.45, 7) is 0. The van der Waals surface area contributed by atoms with E-state index in [1.165, 1.54) is 69.0 Å². The van der Waals surface area contributed by atoms with E-state index >= 15 is 0 Å². The molecule has 0 amide bonds. The topological polar surface area (TPSA) is 35.6 Å².